The summed E-state index contributed by atoms with van der Waals surface area (Å²) in [7, 11) is 0. The standard InChI is InChI=1S/C18H27N3O.C4H4O4/c1-2-10-20(15-16-8-9-16)11-5-6-13-22-18-14-17-7-3-4-12-21(17)19-18;5-3(6)1-2-4(7)8/h3-4,7,12,14,16H,2,5-6,8-11,13,15H2,1H3;1-2H,(H,5,6)(H,7,8)/b;2-1-. The van der Waals surface area contributed by atoms with Gasteiger partial charge in [-0.15, -0.1) is 5.10 Å². The van der Waals surface area contributed by atoms with Crippen LogP contribution in [-0.2, 0) is 9.59 Å². The van der Waals surface area contributed by atoms with E-state index in [0.717, 1.165) is 30.3 Å². The Bertz CT molecular complexity index is 780. The number of hydrogen-bond acceptors (Lipinski definition) is 5. The summed E-state index contributed by atoms with van der Waals surface area (Å²) in [6.45, 7) is 6.78. The number of ether oxygens (including phenoxy) is 1. The van der Waals surface area contributed by atoms with Crippen LogP contribution in [0.25, 0.3) is 5.52 Å². The quantitative estimate of drug-likeness (QED) is 0.403. The summed E-state index contributed by atoms with van der Waals surface area (Å²) in [4.78, 5) is 21.7. The third-order valence-electron chi connectivity index (χ3n) is 4.59. The molecule has 0 radical (unpaired) electrons. The maximum absolute atomic E-state index is 9.55. The summed E-state index contributed by atoms with van der Waals surface area (Å²) in [6.07, 6.45) is 9.51. The molecule has 0 amide bonds. The summed E-state index contributed by atoms with van der Waals surface area (Å²) >= 11 is 0. The van der Waals surface area contributed by atoms with Crippen molar-refractivity contribution < 1.29 is 24.5 Å². The molecule has 0 bridgehead atoms. The SMILES string of the molecule is CCCN(CCCCOc1cc2ccccn2n1)CC1CC1.O=C(O)/C=C\C(=O)O. The molecule has 8 heteroatoms. The molecular formula is C22H31N3O5. The zero-order valence-electron chi connectivity index (χ0n) is 17.4. The smallest absolute Gasteiger partial charge is 0.328 e. The Labute approximate surface area is 176 Å². The van der Waals surface area contributed by atoms with E-state index in [1.54, 1.807) is 0 Å². The van der Waals surface area contributed by atoms with E-state index in [1.807, 2.05) is 35.0 Å². The lowest BCUT2D eigenvalue weighted by molar-refractivity contribution is -0.134. The number of unbranched alkanes of at least 4 members (excludes halogenated alkanes) is 1. The van der Waals surface area contributed by atoms with Crippen molar-refractivity contribution in [3.05, 3.63) is 42.6 Å². The van der Waals surface area contributed by atoms with Crippen molar-refractivity contribution in [1.29, 1.82) is 0 Å². The number of carbonyl (C=O) groups is 2. The Morgan fingerprint density at radius 1 is 1.20 bits per heavy atom. The zero-order chi connectivity index (χ0) is 21.8. The van der Waals surface area contributed by atoms with Gasteiger partial charge in [0, 0.05) is 31.0 Å². The number of carboxylic acids is 2. The fourth-order valence-electron chi connectivity index (χ4n) is 3.02. The molecule has 2 heterocycles. The van der Waals surface area contributed by atoms with Gasteiger partial charge in [0.25, 0.3) is 0 Å². The lowest BCUT2D eigenvalue weighted by Gasteiger charge is -2.21. The Kier molecular flexibility index (Phi) is 9.86. The fourth-order valence-corrected chi connectivity index (χ4v) is 3.02. The first kappa shape index (κ1) is 23.4. The maximum Gasteiger partial charge on any atom is 0.328 e. The average molecular weight is 418 g/mol. The van der Waals surface area contributed by atoms with Crippen molar-refractivity contribution >= 4 is 17.5 Å². The van der Waals surface area contributed by atoms with Crippen LogP contribution in [0.2, 0.25) is 0 Å². The molecule has 0 atom stereocenters. The van der Waals surface area contributed by atoms with Gasteiger partial charge < -0.3 is 19.8 Å². The predicted molar refractivity (Wildman–Crippen MR) is 114 cm³/mol. The molecule has 1 aliphatic rings. The number of hydrogen-bond donors (Lipinski definition) is 2. The summed E-state index contributed by atoms with van der Waals surface area (Å²) < 4.78 is 7.63. The second-order valence-corrected chi connectivity index (χ2v) is 7.36. The molecule has 1 saturated carbocycles. The highest BCUT2D eigenvalue weighted by molar-refractivity contribution is 5.89. The topological polar surface area (TPSA) is 104 Å². The number of carboxylic acid groups (broad SMARTS) is 2. The molecule has 1 aliphatic carbocycles. The molecule has 0 saturated heterocycles. The second kappa shape index (κ2) is 12.6. The van der Waals surface area contributed by atoms with Crippen LogP contribution in [0.15, 0.2) is 42.6 Å². The van der Waals surface area contributed by atoms with Gasteiger partial charge in [0.05, 0.1) is 12.1 Å². The van der Waals surface area contributed by atoms with Crippen LogP contribution < -0.4 is 4.74 Å². The van der Waals surface area contributed by atoms with Gasteiger partial charge >= 0.3 is 11.9 Å². The fraction of sp³-hybridized carbons (Fsp3) is 0.500. The van der Waals surface area contributed by atoms with Gasteiger partial charge in [-0.25, -0.2) is 14.1 Å². The van der Waals surface area contributed by atoms with Gasteiger partial charge in [0.1, 0.15) is 0 Å². The highest BCUT2D eigenvalue weighted by Gasteiger charge is 2.23. The van der Waals surface area contributed by atoms with Crippen LogP contribution in [0.4, 0.5) is 0 Å². The van der Waals surface area contributed by atoms with Crippen LogP contribution in [0.3, 0.4) is 0 Å². The van der Waals surface area contributed by atoms with E-state index < -0.39 is 11.9 Å². The highest BCUT2D eigenvalue weighted by atomic mass is 16.5. The Hall–Kier alpha value is -2.87. The van der Waals surface area contributed by atoms with Crippen molar-refractivity contribution in [2.24, 2.45) is 5.92 Å². The third kappa shape index (κ3) is 9.56. The van der Waals surface area contributed by atoms with E-state index in [0.29, 0.717) is 12.2 Å². The van der Waals surface area contributed by atoms with E-state index in [2.05, 4.69) is 16.9 Å². The van der Waals surface area contributed by atoms with Gasteiger partial charge in [-0.2, -0.15) is 0 Å². The van der Waals surface area contributed by atoms with E-state index in [4.69, 9.17) is 14.9 Å². The van der Waals surface area contributed by atoms with Crippen molar-refractivity contribution in [1.82, 2.24) is 14.5 Å². The predicted octanol–water partition coefficient (Wildman–Crippen LogP) is 3.33. The number of rotatable bonds is 12. The molecule has 0 aromatic carbocycles. The van der Waals surface area contributed by atoms with Gasteiger partial charge in [-0.05, 0) is 63.2 Å². The maximum atomic E-state index is 9.55. The number of pyridine rings is 1. The highest BCUT2D eigenvalue weighted by Crippen LogP contribution is 2.29. The van der Waals surface area contributed by atoms with Crippen LogP contribution in [0.5, 0.6) is 5.88 Å². The molecule has 2 aromatic rings. The number of aromatic nitrogens is 2. The van der Waals surface area contributed by atoms with Crippen LogP contribution in [0, 0.1) is 5.92 Å². The van der Waals surface area contributed by atoms with Gasteiger partial charge in [-0.3, -0.25) is 0 Å². The van der Waals surface area contributed by atoms with Crippen molar-refractivity contribution in [2.75, 3.05) is 26.2 Å². The largest absolute Gasteiger partial charge is 0.478 e. The first-order valence-electron chi connectivity index (χ1n) is 10.4. The monoisotopic (exact) mass is 417 g/mol. The zero-order valence-corrected chi connectivity index (χ0v) is 17.4. The van der Waals surface area contributed by atoms with Gasteiger partial charge in [0.15, 0.2) is 0 Å². The summed E-state index contributed by atoms with van der Waals surface area (Å²) in [5.41, 5.74) is 1.08. The molecule has 8 nitrogen and oxygen atoms in total. The van der Waals surface area contributed by atoms with E-state index >= 15 is 0 Å². The van der Waals surface area contributed by atoms with Gasteiger partial charge in [0.2, 0.25) is 5.88 Å². The summed E-state index contributed by atoms with van der Waals surface area (Å²) in [5, 5.41) is 20.0. The minimum absolute atomic E-state index is 0.558. The van der Waals surface area contributed by atoms with Gasteiger partial charge in [-0.1, -0.05) is 13.0 Å². The molecule has 1 fully saturated rings. The van der Waals surface area contributed by atoms with E-state index in [9.17, 15) is 9.59 Å². The first-order chi connectivity index (χ1) is 14.5. The Balaban J connectivity index is 0.000000343. The van der Waals surface area contributed by atoms with E-state index in [1.165, 1.54) is 45.3 Å². The molecule has 30 heavy (non-hydrogen) atoms. The molecule has 0 spiro atoms. The molecule has 3 rings (SSSR count). The normalized spacial score (nSPS) is 13.4. The first-order valence-corrected chi connectivity index (χ1v) is 10.4. The lowest BCUT2D eigenvalue weighted by atomic mass is 10.2. The van der Waals surface area contributed by atoms with Crippen LogP contribution in [-0.4, -0.2) is 62.9 Å². The number of aliphatic carboxylic acids is 2. The summed E-state index contributed by atoms with van der Waals surface area (Å²) in [6, 6.07) is 8.03. The molecule has 0 aliphatic heterocycles. The number of fused-ring (bicyclic) bond motifs is 1. The van der Waals surface area contributed by atoms with Crippen molar-refractivity contribution in [3.8, 4) is 5.88 Å². The second-order valence-electron chi connectivity index (χ2n) is 7.36. The lowest BCUT2D eigenvalue weighted by Crippen LogP contribution is -2.28. The van der Waals surface area contributed by atoms with Crippen LogP contribution in [0.1, 0.15) is 39.0 Å². The molecule has 164 valence electrons. The molecule has 0 unspecified atom stereocenters. The molecule has 2 N–H and O–H groups in total. The van der Waals surface area contributed by atoms with Crippen molar-refractivity contribution in [2.45, 2.75) is 39.0 Å². The molecular weight excluding hydrogens is 386 g/mol. The van der Waals surface area contributed by atoms with Crippen molar-refractivity contribution in [3.63, 3.8) is 0 Å². The molecule has 2 aromatic heterocycles. The average Bonchev–Trinajstić information content (AvgIpc) is 3.42. The Morgan fingerprint density at radius 2 is 1.93 bits per heavy atom. The summed E-state index contributed by atoms with van der Waals surface area (Å²) in [5.74, 6) is -0.796. The number of nitrogens with zero attached hydrogens (tertiary/aromatic N) is 3. The third-order valence-corrected chi connectivity index (χ3v) is 4.59. The Morgan fingerprint density at radius 3 is 2.53 bits per heavy atom. The minimum atomic E-state index is -1.26. The van der Waals surface area contributed by atoms with E-state index in [-0.39, 0.29) is 0 Å². The minimum Gasteiger partial charge on any atom is -0.478 e. The van der Waals surface area contributed by atoms with Crippen LogP contribution >= 0.6 is 0 Å².